The zero-order chi connectivity index (χ0) is 18.8. The second-order valence-corrected chi connectivity index (χ2v) is 8.92. The van der Waals surface area contributed by atoms with Gasteiger partial charge in [0.15, 0.2) is 0 Å². The molecule has 1 atom stereocenters. The van der Waals surface area contributed by atoms with Crippen LogP contribution in [0.25, 0.3) is 0 Å². The van der Waals surface area contributed by atoms with Gasteiger partial charge >= 0.3 is 0 Å². The van der Waals surface area contributed by atoms with Crippen molar-refractivity contribution in [3.8, 4) is 0 Å². The summed E-state index contributed by atoms with van der Waals surface area (Å²) < 4.78 is 0. The maximum atomic E-state index is 4.80. The van der Waals surface area contributed by atoms with E-state index in [0.717, 1.165) is 49.9 Å². The maximum Gasteiger partial charge on any atom is 0.135 e. The molecule has 0 aliphatic carbocycles. The quantitative estimate of drug-likeness (QED) is 0.794. The molecule has 0 radical (unpaired) electrons. The van der Waals surface area contributed by atoms with Crippen molar-refractivity contribution in [2.75, 3.05) is 37.6 Å². The fraction of sp³-hybridized carbons (Fsp3) is 0.818. The third-order valence-corrected chi connectivity index (χ3v) is 6.98. The Bertz CT molecular complexity index is 619. The van der Waals surface area contributed by atoms with Gasteiger partial charge in [-0.05, 0) is 52.5 Å². The summed E-state index contributed by atoms with van der Waals surface area (Å²) in [6.07, 6.45) is 11.1. The van der Waals surface area contributed by atoms with Crippen molar-refractivity contribution in [3.63, 3.8) is 0 Å². The molecule has 1 aromatic heterocycles. The molecule has 3 aliphatic rings. The molecule has 4 heterocycles. The first-order valence-electron chi connectivity index (χ1n) is 11.2. The molecule has 0 spiro atoms. The van der Waals surface area contributed by atoms with Crippen LogP contribution in [0.15, 0.2) is 6.20 Å². The molecule has 5 heteroatoms. The van der Waals surface area contributed by atoms with Crippen molar-refractivity contribution >= 4 is 5.82 Å². The molecule has 0 unspecified atom stereocenters. The highest BCUT2D eigenvalue weighted by Gasteiger charge is 2.39. The number of nitrogens with zero attached hydrogens (tertiary/aromatic N) is 5. The second kappa shape index (κ2) is 8.44. The number of piperidine rings is 2. The Morgan fingerprint density at radius 3 is 2.52 bits per heavy atom. The van der Waals surface area contributed by atoms with E-state index in [9.17, 15) is 0 Å². The zero-order valence-electron chi connectivity index (χ0n) is 17.5. The van der Waals surface area contributed by atoms with Gasteiger partial charge in [0.2, 0.25) is 0 Å². The van der Waals surface area contributed by atoms with E-state index in [1.165, 1.54) is 63.1 Å². The largest absolute Gasteiger partial charge is 0.356 e. The van der Waals surface area contributed by atoms with Crippen LogP contribution in [-0.2, 0) is 6.42 Å². The molecule has 1 aromatic rings. The van der Waals surface area contributed by atoms with Crippen molar-refractivity contribution < 1.29 is 0 Å². The molecule has 3 fully saturated rings. The standard InChI is InChI=1S/C22H37N5/c1-4-7-19-14-23-18(3)24-22(19)25-12-9-20(10-13-25)26-15-21(16-26)27-11-6-5-8-17(27)2/h14,17,20-21H,4-13,15-16H2,1-3H3/t17-/m0/s1. The van der Waals surface area contributed by atoms with E-state index in [2.05, 4.69) is 33.5 Å². The average molecular weight is 372 g/mol. The molecule has 0 saturated carbocycles. The fourth-order valence-corrected chi connectivity index (χ4v) is 5.30. The van der Waals surface area contributed by atoms with Gasteiger partial charge in [-0.2, -0.15) is 0 Å². The minimum atomic E-state index is 0.773. The van der Waals surface area contributed by atoms with Gasteiger partial charge in [0.25, 0.3) is 0 Å². The molecule has 5 nitrogen and oxygen atoms in total. The Kier molecular flexibility index (Phi) is 5.98. The predicted octanol–water partition coefficient (Wildman–Crippen LogP) is 3.26. The van der Waals surface area contributed by atoms with E-state index in [4.69, 9.17) is 4.98 Å². The van der Waals surface area contributed by atoms with Gasteiger partial charge in [-0.1, -0.05) is 19.8 Å². The highest BCUT2D eigenvalue weighted by Crippen LogP contribution is 2.30. The maximum absolute atomic E-state index is 4.80. The smallest absolute Gasteiger partial charge is 0.135 e. The molecule has 150 valence electrons. The predicted molar refractivity (Wildman–Crippen MR) is 111 cm³/mol. The summed E-state index contributed by atoms with van der Waals surface area (Å²) in [5, 5.41) is 0. The molecule has 0 bridgehead atoms. The van der Waals surface area contributed by atoms with Crippen LogP contribution >= 0.6 is 0 Å². The van der Waals surface area contributed by atoms with Crippen molar-refractivity contribution in [3.05, 3.63) is 17.6 Å². The Morgan fingerprint density at radius 2 is 1.81 bits per heavy atom. The van der Waals surface area contributed by atoms with Gasteiger partial charge in [-0.25, -0.2) is 9.97 Å². The molecule has 0 N–H and O–H groups in total. The molecule has 0 amide bonds. The summed E-state index contributed by atoms with van der Waals surface area (Å²) in [6.45, 7) is 12.9. The number of rotatable bonds is 5. The van der Waals surface area contributed by atoms with E-state index in [1.54, 1.807) is 0 Å². The topological polar surface area (TPSA) is 35.5 Å². The summed E-state index contributed by atoms with van der Waals surface area (Å²) in [5.74, 6) is 2.10. The van der Waals surface area contributed by atoms with E-state index in [0.29, 0.717) is 0 Å². The third kappa shape index (κ3) is 4.14. The van der Waals surface area contributed by atoms with Crippen LogP contribution in [-0.4, -0.2) is 70.6 Å². The van der Waals surface area contributed by atoms with E-state index >= 15 is 0 Å². The Labute approximate surface area is 165 Å². The van der Waals surface area contributed by atoms with Crippen LogP contribution < -0.4 is 4.90 Å². The molecule has 0 aromatic carbocycles. The summed E-state index contributed by atoms with van der Waals surface area (Å²) >= 11 is 0. The molecular formula is C22H37N5. The molecular weight excluding hydrogens is 334 g/mol. The van der Waals surface area contributed by atoms with Crippen LogP contribution in [0.3, 0.4) is 0 Å². The highest BCUT2D eigenvalue weighted by molar-refractivity contribution is 5.46. The van der Waals surface area contributed by atoms with Gasteiger partial charge in [-0.15, -0.1) is 0 Å². The first kappa shape index (κ1) is 19.1. The minimum Gasteiger partial charge on any atom is -0.356 e. The van der Waals surface area contributed by atoms with Gasteiger partial charge in [0, 0.05) is 56.1 Å². The van der Waals surface area contributed by atoms with Gasteiger partial charge in [0.05, 0.1) is 0 Å². The van der Waals surface area contributed by atoms with Crippen LogP contribution in [0.2, 0.25) is 0 Å². The van der Waals surface area contributed by atoms with Crippen LogP contribution in [0.5, 0.6) is 0 Å². The van der Waals surface area contributed by atoms with Crippen LogP contribution in [0, 0.1) is 6.92 Å². The molecule has 4 rings (SSSR count). The van der Waals surface area contributed by atoms with Crippen molar-refractivity contribution in [2.24, 2.45) is 0 Å². The van der Waals surface area contributed by atoms with E-state index < -0.39 is 0 Å². The van der Waals surface area contributed by atoms with Crippen molar-refractivity contribution in [1.29, 1.82) is 0 Å². The fourth-order valence-electron chi connectivity index (χ4n) is 5.30. The number of hydrogen-bond donors (Lipinski definition) is 0. The minimum absolute atomic E-state index is 0.773. The van der Waals surface area contributed by atoms with Gasteiger partial charge < -0.3 is 4.90 Å². The first-order valence-corrected chi connectivity index (χ1v) is 11.2. The Balaban J connectivity index is 1.30. The number of hydrogen-bond acceptors (Lipinski definition) is 5. The lowest BCUT2D eigenvalue weighted by molar-refractivity contribution is -0.0286. The van der Waals surface area contributed by atoms with Gasteiger partial charge in [-0.3, -0.25) is 9.80 Å². The Hall–Kier alpha value is -1.20. The van der Waals surface area contributed by atoms with E-state index in [1.807, 2.05) is 13.1 Å². The normalized spacial score (nSPS) is 26.3. The summed E-state index contributed by atoms with van der Waals surface area (Å²) in [6, 6.07) is 2.39. The lowest BCUT2D eigenvalue weighted by Crippen LogP contribution is -2.65. The lowest BCUT2D eigenvalue weighted by atomic mass is 9.93. The number of likely N-dealkylation sites (tertiary alicyclic amines) is 2. The third-order valence-electron chi connectivity index (χ3n) is 6.98. The lowest BCUT2D eigenvalue weighted by Gasteiger charge is -2.53. The molecule has 3 saturated heterocycles. The molecule has 27 heavy (non-hydrogen) atoms. The zero-order valence-corrected chi connectivity index (χ0v) is 17.5. The Morgan fingerprint density at radius 1 is 1.04 bits per heavy atom. The first-order chi connectivity index (χ1) is 13.2. The van der Waals surface area contributed by atoms with Crippen LogP contribution in [0.4, 0.5) is 5.82 Å². The van der Waals surface area contributed by atoms with Crippen LogP contribution in [0.1, 0.15) is 63.8 Å². The monoisotopic (exact) mass is 371 g/mol. The highest BCUT2D eigenvalue weighted by atomic mass is 15.3. The van der Waals surface area contributed by atoms with E-state index in [-0.39, 0.29) is 0 Å². The molecule has 3 aliphatic heterocycles. The van der Waals surface area contributed by atoms with Crippen molar-refractivity contribution in [2.45, 2.75) is 83.8 Å². The SMILES string of the molecule is CCCc1cnc(C)nc1N1CCC(N2CC(N3CCCC[C@@H]3C)C2)CC1. The number of anilines is 1. The average Bonchev–Trinajstić information content (AvgIpc) is 2.64. The summed E-state index contributed by atoms with van der Waals surface area (Å²) in [4.78, 5) is 17.3. The second-order valence-electron chi connectivity index (χ2n) is 8.92. The number of aromatic nitrogens is 2. The summed E-state index contributed by atoms with van der Waals surface area (Å²) in [7, 11) is 0. The summed E-state index contributed by atoms with van der Waals surface area (Å²) in [5.41, 5.74) is 1.32. The number of aryl methyl sites for hydroxylation is 2. The van der Waals surface area contributed by atoms with Crippen molar-refractivity contribution in [1.82, 2.24) is 19.8 Å². The van der Waals surface area contributed by atoms with Gasteiger partial charge in [0.1, 0.15) is 11.6 Å².